The van der Waals surface area contributed by atoms with Gasteiger partial charge in [-0.2, -0.15) is 0 Å². The van der Waals surface area contributed by atoms with E-state index in [-0.39, 0.29) is 29.8 Å². The predicted molar refractivity (Wildman–Crippen MR) is 104 cm³/mol. The molecular formula is C23H33NO5. The molecule has 1 amide bonds. The molecule has 6 aliphatic carbocycles. The summed E-state index contributed by atoms with van der Waals surface area (Å²) in [5.41, 5.74) is 0. The van der Waals surface area contributed by atoms with Crippen molar-refractivity contribution in [3.8, 4) is 0 Å². The minimum Gasteiger partial charge on any atom is -0.480 e. The zero-order chi connectivity index (χ0) is 20.4. The van der Waals surface area contributed by atoms with Gasteiger partial charge in [-0.3, -0.25) is 14.4 Å². The third-order valence-corrected chi connectivity index (χ3v) is 9.42. The van der Waals surface area contributed by atoms with Gasteiger partial charge < -0.3 is 15.2 Å². The molecule has 0 aromatic carbocycles. The van der Waals surface area contributed by atoms with E-state index in [9.17, 15) is 14.4 Å². The number of hydrogen-bond acceptors (Lipinski definition) is 4. The number of carboxylic acid groups (broad SMARTS) is 1. The number of carbonyl (C=O) groups is 3. The Kier molecular flexibility index (Phi) is 4.67. The first kappa shape index (κ1) is 19.4. The Hall–Kier alpha value is -1.59. The van der Waals surface area contributed by atoms with Crippen LogP contribution in [0.3, 0.4) is 0 Å². The lowest BCUT2D eigenvalue weighted by molar-refractivity contribution is -0.181. The summed E-state index contributed by atoms with van der Waals surface area (Å²) in [5, 5.41) is 11.5. The van der Waals surface area contributed by atoms with Crippen LogP contribution in [0.2, 0.25) is 0 Å². The number of carbonyl (C=O) groups excluding carboxylic acids is 2. The molecule has 0 spiro atoms. The first-order valence-corrected chi connectivity index (χ1v) is 11.5. The first-order valence-electron chi connectivity index (χ1n) is 11.5. The van der Waals surface area contributed by atoms with E-state index in [2.05, 4.69) is 19.2 Å². The van der Waals surface area contributed by atoms with Crippen molar-refractivity contribution in [2.45, 2.75) is 58.5 Å². The molecule has 6 fully saturated rings. The fraction of sp³-hybridized carbons (Fsp3) is 0.870. The van der Waals surface area contributed by atoms with Crippen LogP contribution in [0.1, 0.15) is 52.4 Å². The van der Waals surface area contributed by atoms with Crippen molar-refractivity contribution < 1.29 is 24.2 Å². The van der Waals surface area contributed by atoms with Crippen molar-refractivity contribution in [1.82, 2.24) is 5.32 Å². The van der Waals surface area contributed by atoms with Crippen molar-refractivity contribution in [1.29, 1.82) is 0 Å². The van der Waals surface area contributed by atoms with Crippen molar-refractivity contribution >= 4 is 17.8 Å². The number of esters is 1. The van der Waals surface area contributed by atoms with Crippen LogP contribution in [0, 0.1) is 59.2 Å². The highest BCUT2D eigenvalue weighted by atomic mass is 16.5. The van der Waals surface area contributed by atoms with Crippen molar-refractivity contribution in [3.05, 3.63) is 0 Å². The third-order valence-electron chi connectivity index (χ3n) is 9.42. The predicted octanol–water partition coefficient (Wildman–Crippen LogP) is 2.71. The monoisotopic (exact) mass is 403 g/mol. The van der Waals surface area contributed by atoms with Gasteiger partial charge in [0, 0.05) is 0 Å². The topological polar surface area (TPSA) is 92.7 Å². The van der Waals surface area contributed by atoms with Crippen LogP contribution in [0.5, 0.6) is 0 Å². The maximum atomic E-state index is 13.4. The minimum absolute atomic E-state index is 0.0323. The van der Waals surface area contributed by atoms with Crippen LogP contribution in [0.4, 0.5) is 0 Å². The van der Waals surface area contributed by atoms with E-state index in [0.717, 1.165) is 18.3 Å². The molecule has 0 saturated heterocycles. The summed E-state index contributed by atoms with van der Waals surface area (Å²) in [4.78, 5) is 37.2. The normalized spacial score (nSPS) is 49.2. The average Bonchev–Trinajstić information content (AvgIpc) is 3.19. The van der Waals surface area contributed by atoms with Gasteiger partial charge in [0.2, 0.25) is 5.91 Å². The van der Waals surface area contributed by atoms with Gasteiger partial charge in [0.05, 0.1) is 11.8 Å². The summed E-state index contributed by atoms with van der Waals surface area (Å²) < 4.78 is 6.22. The SMILES string of the molecule is CC1C(C)C2CC1C(C(=O)NCC(=O)O)C2C(=O)OC1C2CC3CC(C2)CC1C3. The molecular weight excluding hydrogens is 370 g/mol. The molecule has 6 unspecified atom stereocenters. The van der Waals surface area contributed by atoms with Gasteiger partial charge in [-0.15, -0.1) is 0 Å². The molecule has 160 valence electrons. The van der Waals surface area contributed by atoms with Gasteiger partial charge in [-0.05, 0) is 85.9 Å². The summed E-state index contributed by atoms with van der Waals surface area (Å²) in [6.07, 6.45) is 7.03. The zero-order valence-corrected chi connectivity index (χ0v) is 17.4. The van der Waals surface area contributed by atoms with Crippen LogP contribution in [-0.4, -0.2) is 35.6 Å². The maximum Gasteiger partial charge on any atom is 0.322 e. The summed E-state index contributed by atoms with van der Waals surface area (Å²) in [5.74, 6) is 1.31. The summed E-state index contributed by atoms with van der Waals surface area (Å²) in [6, 6.07) is 0. The van der Waals surface area contributed by atoms with E-state index in [1.807, 2.05) is 0 Å². The average molecular weight is 404 g/mol. The van der Waals surface area contributed by atoms with Gasteiger partial charge in [-0.1, -0.05) is 13.8 Å². The van der Waals surface area contributed by atoms with Crippen LogP contribution in [-0.2, 0) is 19.1 Å². The van der Waals surface area contributed by atoms with Crippen LogP contribution in [0.15, 0.2) is 0 Å². The molecule has 2 N–H and O–H groups in total. The lowest BCUT2D eigenvalue weighted by Crippen LogP contribution is -2.52. The molecule has 6 saturated carbocycles. The van der Waals surface area contributed by atoms with E-state index >= 15 is 0 Å². The molecule has 0 aromatic heterocycles. The van der Waals surface area contributed by atoms with Crippen molar-refractivity contribution in [3.63, 3.8) is 0 Å². The van der Waals surface area contributed by atoms with Gasteiger partial charge >= 0.3 is 11.9 Å². The number of nitrogens with one attached hydrogen (secondary N) is 1. The number of amides is 1. The highest BCUT2D eigenvalue weighted by Crippen LogP contribution is 2.59. The largest absolute Gasteiger partial charge is 0.480 e. The Morgan fingerprint density at radius 2 is 1.41 bits per heavy atom. The highest BCUT2D eigenvalue weighted by molar-refractivity contribution is 5.88. The number of hydrogen-bond donors (Lipinski definition) is 2. The number of fused-ring (bicyclic) bond motifs is 2. The fourth-order valence-corrected chi connectivity index (χ4v) is 8.24. The smallest absolute Gasteiger partial charge is 0.322 e. The van der Waals surface area contributed by atoms with E-state index in [4.69, 9.17) is 9.84 Å². The van der Waals surface area contributed by atoms with Gasteiger partial charge in [0.15, 0.2) is 0 Å². The number of rotatable bonds is 5. The second-order valence-corrected chi connectivity index (χ2v) is 10.8. The second kappa shape index (κ2) is 6.98. The Morgan fingerprint density at radius 1 is 0.862 bits per heavy atom. The molecule has 0 aliphatic heterocycles. The molecule has 6 rings (SSSR count). The Balaban J connectivity index is 1.33. The zero-order valence-electron chi connectivity index (χ0n) is 17.4. The number of aliphatic carboxylic acids is 1. The number of carboxylic acids is 1. The Bertz CT molecular complexity index is 692. The van der Waals surface area contributed by atoms with Crippen LogP contribution < -0.4 is 5.32 Å². The first-order chi connectivity index (χ1) is 13.8. The van der Waals surface area contributed by atoms with E-state index in [0.29, 0.717) is 23.7 Å². The lowest BCUT2D eigenvalue weighted by Gasteiger charge is -2.53. The fourth-order valence-electron chi connectivity index (χ4n) is 8.24. The molecule has 6 aliphatic rings. The van der Waals surface area contributed by atoms with Gasteiger partial charge in [-0.25, -0.2) is 0 Å². The molecule has 0 radical (unpaired) electrons. The van der Waals surface area contributed by atoms with Crippen LogP contribution in [0.25, 0.3) is 0 Å². The molecule has 6 heteroatoms. The lowest BCUT2D eigenvalue weighted by atomic mass is 9.55. The summed E-state index contributed by atoms with van der Waals surface area (Å²) in [7, 11) is 0. The Labute approximate surface area is 172 Å². The minimum atomic E-state index is -1.06. The van der Waals surface area contributed by atoms with Gasteiger partial charge in [0.1, 0.15) is 12.6 Å². The van der Waals surface area contributed by atoms with Crippen molar-refractivity contribution in [2.75, 3.05) is 6.54 Å². The van der Waals surface area contributed by atoms with Crippen LogP contribution >= 0.6 is 0 Å². The maximum absolute atomic E-state index is 13.4. The van der Waals surface area contributed by atoms with Crippen molar-refractivity contribution in [2.24, 2.45) is 59.2 Å². The molecule has 6 bridgehead atoms. The summed E-state index contributed by atoms with van der Waals surface area (Å²) >= 11 is 0. The second-order valence-electron chi connectivity index (χ2n) is 10.8. The summed E-state index contributed by atoms with van der Waals surface area (Å²) in [6.45, 7) is 3.95. The van der Waals surface area contributed by atoms with Gasteiger partial charge in [0.25, 0.3) is 0 Å². The molecule has 6 atom stereocenters. The van der Waals surface area contributed by atoms with E-state index in [1.165, 1.54) is 32.1 Å². The molecule has 0 aromatic rings. The van der Waals surface area contributed by atoms with E-state index < -0.39 is 24.3 Å². The third kappa shape index (κ3) is 3.09. The van der Waals surface area contributed by atoms with E-state index in [1.54, 1.807) is 0 Å². The standard InChI is InChI=1S/C23H33NO5/c1-10-11(2)17-8-16(10)19(22(27)24-9-18(25)26)20(17)23(28)29-21-14-4-12-3-13(6-14)7-15(21)5-12/h10-17,19-21H,3-9H2,1-2H3,(H,24,27)(H,25,26). The highest BCUT2D eigenvalue weighted by Gasteiger charge is 2.61. The molecule has 6 nitrogen and oxygen atoms in total. The molecule has 0 heterocycles. The Morgan fingerprint density at radius 3 is 1.97 bits per heavy atom. The molecule has 29 heavy (non-hydrogen) atoms. The number of ether oxygens (including phenoxy) is 1. The quantitative estimate of drug-likeness (QED) is 0.689.